The molecule has 5 nitrogen and oxygen atoms in total. The molecule has 7 atom stereocenters. The molecule has 4 saturated carbocycles. The van der Waals surface area contributed by atoms with Gasteiger partial charge >= 0.3 is 5.97 Å². The summed E-state index contributed by atoms with van der Waals surface area (Å²) < 4.78 is 5.58. The van der Waals surface area contributed by atoms with Crippen molar-refractivity contribution in [3.8, 4) is 0 Å². The maximum absolute atomic E-state index is 11.4. The molecule has 0 aliphatic heterocycles. The van der Waals surface area contributed by atoms with E-state index in [4.69, 9.17) is 4.74 Å². The number of carbonyl (C=O) groups excluding carboxylic acids is 2. The Hall–Kier alpha value is -1.39. The van der Waals surface area contributed by atoms with E-state index in [0.29, 0.717) is 17.3 Å². The van der Waals surface area contributed by atoms with Crippen molar-refractivity contribution in [1.29, 1.82) is 0 Å². The van der Waals surface area contributed by atoms with Crippen LogP contribution in [0.2, 0.25) is 0 Å². The normalized spacial score (nSPS) is 46.3. The van der Waals surface area contributed by atoms with Gasteiger partial charge in [-0.2, -0.15) is 5.10 Å². The number of carbonyl (C=O) groups is 2. The van der Waals surface area contributed by atoms with Crippen molar-refractivity contribution in [2.24, 2.45) is 39.6 Å². The molecule has 0 bridgehead atoms. The molecule has 0 heterocycles. The average molecular weight is 389 g/mol. The second-order valence-corrected chi connectivity index (χ2v) is 10.4. The van der Waals surface area contributed by atoms with Gasteiger partial charge in [0, 0.05) is 25.0 Å². The van der Waals surface area contributed by atoms with E-state index < -0.39 is 0 Å². The maximum Gasteiger partial charge on any atom is 0.302 e. The summed E-state index contributed by atoms with van der Waals surface area (Å²) in [5, 5.41) is 4.52. The van der Waals surface area contributed by atoms with Crippen LogP contribution < -0.4 is 5.43 Å². The standard InChI is InChI=1S/C23H36N2O3/c1-14(26)24-25-21-8-7-19-18-6-5-16-13-17(28-15(2)27)9-11-22(16,3)20(18)10-12-23(19,21)4/h16-20H,5-13H2,1-4H3,(H,24,26)/b25-21+/t16-,17+,18-,19+,20+,22-,23-/m0/s1. The van der Waals surface area contributed by atoms with Gasteiger partial charge in [-0.25, -0.2) is 5.43 Å². The molecule has 1 amide bonds. The minimum absolute atomic E-state index is 0.0780. The molecule has 4 rings (SSSR count). The highest BCUT2D eigenvalue weighted by molar-refractivity contribution is 5.93. The largest absolute Gasteiger partial charge is 0.463 e. The molecule has 4 fully saturated rings. The van der Waals surface area contributed by atoms with E-state index in [9.17, 15) is 9.59 Å². The summed E-state index contributed by atoms with van der Waals surface area (Å²) in [6.45, 7) is 7.99. The Balaban J connectivity index is 1.52. The number of ether oxygens (including phenoxy) is 1. The quantitative estimate of drug-likeness (QED) is 0.561. The molecule has 0 spiro atoms. The van der Waals surface area contributed by atoms with Gasteiger partial charge in [0.25, 0.3) is 0 Å². The first kappa shape index (κ1) is 19.9. The topological polar surface area (TPSA) is 67.8 Å². The first-order valence-corrected chi connectivity index (χ1v) is 11.2. The molecule has 4 aliphatic carbocycles. The van der Waals surface area contributed by atoms with E-state index >= 15 is 0 Å². The van der Waals surface area contributed by atoms with Crippen LogP contribution in [0.5, 0.6) is 0 Å². The first-order chi connectivity index (χ1) is 13.2. The minimum atomic E-state index is -0.132. The minimum Gasteiger partial charge on any atom is -0.463 e. The summed E-state index contributed by atoms with van der Waals surface area (Å²) in [7, 11) is 0. The molecule has 4 aliphatic rings. The summed E-state index contributed by atoms with van der Waals surface area (Å²) in [5.41, 5.74) is 4.46. The van der Waals surface area contributed by atoms with Crippen LogP contribution in [-0.2, 0) is 14.3 Å². The van der Waals surface area contributed by atoms with Crippen molar-refractivity contribution in [2.75, 3.05) is 0 Å². The lowest BCUT2D eigenvalue weighted by molar-refractivity contribution is -0.158. The summed E-state index contributed by atoms with van der Waals surface area (Å²) in [6.07, 6.45) is 10.6. The number of rotatable bonds is 2. The van der Waals surface area contributed by atoms with Crippen LogP contribution in [0.1, 0.15) is 85.5 Å². The van der Waals surface area contributed by atoms with E-state index in [0.717, 1.165) is 31.1 Å². The highest BCUT2D eigenvalue weighted by Gasteiger charge is 2.59. The van der Waals surface area contributed by atoms with Gasteiger partial charge in [-0.05, 0) is 86.9 Å². The van der Waals surface area contributed by atoms with Crippen LogP contribution in [0.15, 0.2) is 5.10 Å². The summed E-state index contributed by atoms with van der Waals surface area (Å²) in [4.78, 5) is 22.7. The van der Waals surface area contributed by atoms with Crippen LogP contribution in [0.25, 0.3) is 0 Å². The number of hydrogen-bond donors (Lipinski definition) is 1. The Bertz CT molecular complexity index is 689. The Morgan fingerprint density at radius 1 is 1.04 bits per heavy atom. The summed E-state index contributed by atoms with van der Waals surface area (Å²) >= 11 is 0. The third-order valence-electron chi connectivity index (χ3n) is 9.04. The number of nitrogens with zero attached hydrogens (tertiary/aromatic N) is 1. The zero-order valence-electron chi connectivity index (χ0n) is 17.9. The Morgan fingerprint density at radius 2 is 1.82 bits per heavy atom. The average Bonchev–Trinajstić information content (AvgIpc) is 2.96. The first-order valence-electron chi connectivity index (χ1n) is 11.2. The number of esters is 1. The fourth-order valence-electron chi connectivity index (χ4n) is 7.68. The van der Waals surface area contributed by atoms with Gasteiger partial charge < -0.3 is 4.74 Å². The zero-order chi connectivity index (χ0) is 20.1. The van der Waals surface area contributed by atoms with E-state index in [2.05, 4.69) is 24.4 Å². The molecular formula is C23H36N2O3. The third kappa shape index (κ3) is 3.19. The lowest BCUT2D eigenvalue weighted by Crippen LogP contribution is -2.54. The van der Waals surface area contributed by atoms with Gasteiger partial charge in [-0.15, -0.1) is 0 Å². The number of hydrogen-bond acceptors (Lipinski definition) is 4. The van der Waals surface area contributed by atoms with E-state index in [1.165, 1.54) is 58.1 Å². The van der Waals surface area contributed by atoms with Crippen LogP contribution in [0.3, 0.4) is 0 Å². The van der Waals surface area contributed by atoms with Crippen molar-refractivity contribution in [3.05, 3.63) is 0 Å². The predicted octanol–water partition coefficient (Wildman–Crippen LogP) is 4.45. The lowest BCUT2D eigenvalue weighted by atomic mass is 9.45. The summed E-state index contributed by atoms with van der Waals surface area (Å²) in [6, 6.07) is 0. The van der Waals surface area contributed by atoms with Crippen LogP contribution in [0.4, 0.5) is 0 Å². The number of fused-ring (bicyclic) bond motifs is 5. The van der Waals surface area contributed by atoms with Crippen LogP contribution in [-0.4, -0.2) is 23.7 Å². The number of hydrazone groups is 1. The van der Waals surface area contributed by atoms with Crippen LogP contribution in [0, 0.1) is 34.5 Å². The van der Waals surface area contributed by atoms with E-state index in [1.54, 1.807) is 0 Å². The molecular weight excluding hydrogens is 352 g/mol. The smallest absolute Gasteiger partial charge is 0.302 e. The van der Waals surface area contributed by atoms with Gasteiger partial charge in [-0.1, -0.05) is 13.8 Å². The highest BCUT2D eigenvalue weighted by atomic mass is 16.5. The van der Waals surface area contributed by atoms with Crippen molar-refractivity contribution in [3.63, 3.8) is 0 Å². The predicted molar refractivity (Wildman–Crippen MR) is 109 cm³/mol. The molecule has 156 valence electrons. The molecule has 0 unspecified atom stereocenters. The third-order valence-corrected chi connectivity index (χ3v) is 9.04. The number of nitrogens with one attached hydrogen (secondary N) is 1. The van der Waals surface area contributed by atoms with Crippen LogP contribution >= 0.6 is 0 Å². The van der Waals surface area contributed by atoms with Gasteiger partial charge in [0.15, 0.2) is 0 Å². The lowest BCUT2D eigenvalue weighted by Gasteiger charge is -2.60. The highest BCUT2D eigenvalue weighted by Crippen LogP contribution is 2.65. The molecule has 1 N–H and O–H groups in total. The van der Waals surface area contributed by atoms with Crippen molar-refractivity contribution >= 4 is 17.6 Å². The van der Waals surface area contributed by atoms with Crippen molar-refractivity contribution < 1.29 is 14.3 Å². The molecule has 5 heteroatoms. The molecule has 0 radical (unpaired) electrons. The SMILES string of the molecule is CC(=O)N/N=C1\CC[C@@H]2[C@@H]3CC[C@H]4C[C@H](OC(C)=O)CC[C@]4(C)[C@@H]3CC[C@]12C. The van der Waals surface area contributed by atoms with Crippen molar-refractivity contribution in [2.45, 2.75) is 91.6 Å². The van der Waals surface area contributed by atoms with Gasteiger partial charge in [0.1, 0.15) is 6.10 Å². The number of amides is 1. The van der Waals surface area contributed by atoms with Gasteiger partial charge in [-0.3, -0.25) is 9.59 Å². The Labute approximate surface area is 169 Å². The molecule has 0 aromatic carbocycles. The van der Waals surface area contributed by atoms with Gasteiger partial charge in [0.05, 0.1) is 0 Å². The van der Waals surface area contributed by atoms with Crippen molar-refractivity contribution in [1.82, 2.24) is 5.43 Å². The second kappa shape index (κ2) is 7.14. The van der Waals surface area contributed by atoms with E-state index in [1.807, 2.05) is 0 Å². The van der Waals surface area contributed by atoms with Gasteiger partial charge in [0.2, 0.25) is 5.91 Å². The van der Waals surface area contributed by atoms with E-state index in [-0.39, 0.29) is 23.4 Å². The fraction of sp³-hybridized carbons (Fsp3) is 0.870. The maximum atomic E-state index is 11.4. The fourth-order valence-corrected chi connectivity index (χ4v) is 7.68. The molecule has 0 aromatic heterocycles. The summed E-state index contributed by atoms with van der Waals surface area (Å²) in [5.74, 6) is 2.73. The molecule has 0 aromatic rings. The second-order valence-electron chi connectivity index (χ2n) is 10.4. The molecule has 28 heavy (non-hydrogen) atoms. The Kier molecular flexibility index (Phi) is 5.08. The zero-order valence-corrected chi connectivity index (χ0v) is 17.9. The Morgan fingerprint density at radius 3 is 2.54 bits per heavy atom. The monoisotopic (exact) mass is 388 g/mol. The molecule has 0 saturated heterocycles.